The maximum absolute atomic E-state index is 12.3. The summed E-state index contributed by atoms with van der Waals surface area (Å²) in [4.78, 5) is 14.4. The number of carbonyl (C=O) groups excluding carboxylic acids is 1. The number of unbranched alkanes of at least 4 members (excludes halogenated alkanes) is 1. The van der Waals surface area contributed by atoms with E-state index in [0.717, 1.165) is 37.6 Å². The van der Waals surface area contributed by atoms with Gasteiger partial charge >= 0.3 is 0 Å². The number of nitrogens with zero attached hydrogens (tertiary/aromatic N) is 1. The van der Waals surface area contributed by atoms with Crippen molar-refractivity contribution in [3.8, 4) is 0 Å². The fourth-order valence-corrected chi connectivity index (χ4v) is 6.11. The van der Waals surface area contributed by atoms with Crippen LogP contribution in [0.4, 0.5) is 0 Å². The van der Waals surface area contributed by atoms with Crippen LogP contribution in [-0.2, 0) is 17.8 Å². The number of benzene rings is 1. The average molecular weight is 322 g/mol. The topological polar surface area (TPSA) is 20.3 Å². The smallest absolute Gasteiger partial charge is 0.222 e. The lowest BCUT2D eigenvalue weighted by molar-refractivity contribution is -0.132. The molecule has 0 spiro atoms. The Morgan fingerprint density at radius 3 is 2.90 bits per heavy atom. The molecule has 2 aliphatic rings. The van der Waals surface area contributed by atoms with Gasteiger partial charge in [0.15, 0.2) is 0 Å². The van der Waals surface area contributed by atoms with E-state index in [0.29, 0.717) is 5.91 Å². The Morgan fingerprint density at radius 2 is 2.10 bits per heavy atom. The zero-order valence-corrected chi connectivity index (χ0v) is 14.1. The molecule has 2 heterocycles. The lowest BCUT2D eigenvalue weighted by atomic mass is 9.99. The maximum Gasteiger partial charge on any atom is 0.222 e. The number of carbonyl (C=O) groups is 1. The molecule has 1 atom stereocenters. The first-order chi connectivity index (χ1) is 10.3. The van der Waals surface area contributed by atoms with Crippen LogP contribution in [0.15, 0.2) is 24.3 Å². The van der Waals surface area contributed by atoms with E-state index in [1.54, 1.807) is 0 Å². The molecule has 1 aromatic rings. The highest BCUT2D eigenvalue weighted by molar-refractivity contribution is 8.77. The van der Waals surface area contributed by atoms with Crippen LogP contribution in [0.3, 0.4) is 0 Å². The molecule has 1 aromatic carbocycles. The highest BCUT2D eigenvalue weighted by Crippen LogP contribution is 2.39. The van der Waals surface area contributed by atoms with E-state index < -0.39 is 0 Å². The van der Waals surface area contributed by atoms with Crippen molar-refractivity contribution in [3.05, 3.63) is 35.4 Å². The molecule has 0 unspecified atom stereocenters. The highest BCUT2D eigenvalue weighted by Gasteiger charge is 2.20. The summed E-state index contributed by atoms with van der Waals surface area (Å²) in [6.45, 7) is 1.70. The first kappa shape index (κ1) is 15.3. The van der Waals surface area contributed by atoms with E-state index >= 15 is 0 Å². The van der Waals surface area contributed by atoms with Crippen LogP contribution >= 0.6 is 21.6 Å². The van der Waals surface area contributed by atoms with Crippen LogP contribution in [0.25, 0.3) is 0 Å². The standard InChI is InChI=1S/C17H23NOS2/c19-17(8-4-3-7-16-10-12-20-21-16)18-11-9-14-5-1-2-6-15(14)13-18/h1-2,5-6,16H,3-4,7-13H2/t16-/m0/s1. The molecule has 21 heavy (non-hydrogen) atoms. The van der Waals surface area contributed by atoms with Gasteiger partial charge in [0, 0.05) is 30.5 Å². The predicted octanol–water partition coefficient (Wildman–Crippen LogP) is 4.29. The fraction of sp³-hybridized carbons (Fsp3) is 0.588. The van der Waals surface area contributed by atoms with Gasteiger partial charge in [-0.1, -0.05) is 52.3 Å². The molecule has 2 nitrogen and oxygen atoms in total. The molecule has 4 heteroatoms. The molecule has 114 valence electrons. The molecule has 1 amide bonds. The number of rotatable bonds is 5. The lowest BCUT2D eigenvalue weighted by Crippen LogP contribution is -2.35. The molecule has 0 aromatic heterocycles. The Balaban J connectivity index is 1.40. The minimum atomic E-state index is 0.345. The summed E-state index contributed by atoms with van der Waals surface area (Å²) in [5.41, 5.74) is 2.74. The summed E-state index contributed by atoms with van der Waals surface area (Å²) >= 11 is 0. The molecule has 0 radical (unpaired) electrons. The molecular formula is C17H23NOS2. The van der Waals surface area contributed by atoms with Gasteiger partial charge in [-0.3, -0.25) is 4.79 Å². The van der Waals surface area contributed by atoms with Gasteiger partial charge in [0.2, 0.25) is 5.91 Å². The van der Waals surface area contributed by atoms with E-state index in [4.69, 9.17) is 0 Å². The Labute approximate surface area is 135 Å². The van der Waals surface area contributed by atoms with Gasteiger partial charge in [0.25, 0.3) is 0 Å². The van der Waals surface area contributed by atoms with E-state index in [1.807, 2.05) is 26.5 Å². The van der Waals surface area contributed by atoms with E-state index in [1.165, 1.54) is 36.1 Å². The number of hydrogen-bond donors (Lipinski definition) is 0. The monoisotopic (exact) mass is 321 g/mol. The Kier molecular flexibility index (Phi) is 5.53. The third-order valence-electron chi connectivity index (χ3n) is 4.38. The molecule has 2 aliphatic heterocycles. The number of amides is 1. The van der Waals surface area contributed by atoms with Crippen LogP contribution in [0, 0.1) is 0 Å². The summed E-state index contributed by atoms with van der Waals surface area (Å²) < 4.78 is 0. The van der Waals surface area contributed by atoms with Gasteiger partial charge in [-0.05, 0) is 36.8 Å². The Bertz CT molecular complexity index is 485. The minimum absolute atomic E-state index is 0.345. The maximum atomic E-state index is 12.3. The largest absolute Gasteiger partial charge is 0.338 e. The van der Waals surface area contributed by atoms with E-state index in [-0.39, 0.29) is 0 Å². The molecule has 1 saturated heterocycles. The van der Waals surface area contributed by atoms with Crippen molar-refractivity contribution in [3.63, 3.8) is 0 Å². The third kappa shape index (κ3) is 4.19. The fourth-order valence-electron chi connectivity index (χ4n) is 3.08. The summed E-state index contributed by atoms with van der Waals surface area (Å²) in [6.07, 6.45) is 6.64. The normalized spacial score (nSPS) is 21.3. The number of hydrogen-bond acceptors (Lipinski definition) is 3. The van der Waals surface area contributed by atoms with Gasteiger partial charge in [-0.15, -0.1) is 0 Å². The van der Waals surface area contributed by atoms with Crippen LogP contribution in [0.2, 0.25) is 0 Å². The summed E-state index contributed by atoms with van der Waals surface area (Å²) in [5, 5.41) is 0.840. The molecule has 0 aliphatic carbocycles. The second kappa shape index (κ2) is 7.59. The average Bonchev–Trinajstić information content (AvgIpc) is 3.04. The quantitative estimate of drug-likeness (QED) is 0.596. The lowest BCUT2D eigenvalue weighted by Gasteiger charge is -2.29. The Morgan fingerprint density at radius 1 is 1.24 bits per heavy atom. The molecule has 1 fully saturated rings. The molecule has 0 N–H and O–H groups in total. The summed E-state index contributed by atoms with van der Waals surface area (Å²) in [5.74, 6) is 1.65. The van der Waals surface area contributed by atoms with Gasteiger partial charge in [0.05, 0.1) is 0 Å². The van der Waals surface area contributed by atoms with Crippen LogP contribution in [0.5, 0.6) is 0 Å². The van der Waals surface area contributed by atoms with Crippen molar-refractivity contribution >= 4 is 27.5 Å². The Hall–Kier alpha value is -0.610. The van der Waals surface area contributed by atoms with Gasteiger partial charge in [-0.2, -0.15) is 0 Å². The molecular weight excluding hydrogens is 298 g/mol. The van der Waals surface area contributed by atoms with Gasteiger partial charge in [-0.25, -0.2) is 0 Å². The second-order valence-electron chi connectivity index (χ2n) is 5.91. The number of fused-ring (bicyclic) bond motifs is 1. The van der Waals surface area contributed by atoms with Gasteiger partial charge < -0.3 is 4.90 Å². The first-order valence-electron chi connectivity index (χ1n) is 7.96. The van der Waals surface area contributed by atoms with Crippen molar-refractivity contribution in [2.24, 2.45) is 0 Å². The van der Waals surface area contributed by atoms with Crippen molar-refractivity contribution in [1.82, 2.24) is 4.90 Å². The molecule has 3 rings (SSSR count). The summed E-state index contributed by atoms with van der Waals surface area (Å²) in [7, 11) is 4.05. The zero-order chi connectivity index (χ0) is 14.5. The zero-order valence-electron chi connectivity index (χ0n) is 12.4. The third-order valence-corrected chi connectivity index (χ3v) is 7.38. The molecule has 0 bridgehead atoms. The SMILES string of the molecule is O=C(CCCC[C@H]1CCSS1)N1CCc2ccccc2C1. The minimum Gasteiger partial charge on any atom is -0.338 e. The van der Waals surface area contributed by atoms with Crippen molar-refractivity contribution < 1.29 is 4.79 Å². The van der Waals surface area contributed by atoms with E-state index in [2.05, 4.69) is 24.3 Å². The van der Waals surface area contributed by atoms with Crippen LogP contribution < -0.4 is 0 Å². The van der Waals surface area contributed by atoms with Crippen LogP contribution in [-0.4, -0.2) is 28.4 Å². The van der Waals surface area contributed by atoms with Crippen molar-refractivity contribution in [2.75, 3.05) is 12.3 Å². The first-order valence-corrected chi connectivity index (χ1v) is 10.3. The summed E-state index contributed by atoms with van der Waals surface area (Å²) in [6, 6.07) is 8.51. The van der Waals surface area contributed by atoms with Crippen LogP contribution in [0.1, 0.15) is 43.2 Å². The van der Waals surface area contributed by atoms with Crippen molar-refractivity contribution in [1.29, 1.82) is 0 Å². The van der Waals surface area contributed by atoms with E-state index in [9.17, 15) is 4.79 Å². The predicted molar refractivity (Wildman–Crippen MR) is 92.5 cm³/mol. The second-order valence-corrected chi connectivity index (χ2v) is 8.70. The van der Waals surface area contributed by atoms with Crippen molar-refractivity contribution in [2.45, 2.75) is 50.3 Å². The van der Waals surface area contributed by atoms with Gasteiger partial charge in [0.1, 0.15) is 0 Å². The molecule has 0 saturated carbocycles. The highest BCUT2D eigenvalue weighted by atomic mass is 33.1.